The van der Waals surface area contributed by atoms with Crippen molar-refractivity contribution in [2.45, 2.75) is 5.92 Å². The Morgan fingerprint density at radius 1 is 1.31 bits per heavy atom. The molecule has 0 spiro atoms. The molecule has 16 heavy (non-hydrogen) atoms. The van der Waals surface area contributed by atoms with E-state index in [1.807, 2.05) is 6.08 Å². The number of aldehydes is 1. The molecule has 1 unspecified atom stereocenters. The number of hydrogen-bond acceptors (Lipinski definition) is 3. The Kier molecular flexibility index (Phi) is 3.42. The monoisotopic (exact) mass is 318 g/mol. The van der Waals surface area contributed by atoms with Gasteiger partial charge in [0.25, 0.3) is 0 Å². The first-order chi connectivity index (χ1) is 7.63. The van der Waals surface area contributed by atoms with Gasteiger partial charge in [-0.15, -0.1) is 0 Å². The van der Waals surface area contributed by atoms with E-state index in [0.29, 0.717) is 15.9 Å². The van der Waals surface area contributed by atoms with E-state index in [1.165, 1.54) is 0 Å². The summed E-state index contributed by atoms with van der Waals surface area (Å²) in [5.74, 6) is 0.158. The van der Waals surface area contributed by atoms with Crippen molar-refractivity contribution < 1.29 is 4.79 Å². The number of carbonyl (C=O) groups is 1. The van der Waals surface area contributed by atoms with Crippen molar-refractivity contribution in [1.82, 2.24) is 9.97 Å². The lowest BCUT2D eigenvalue weighted by Crippen LogP contribution is -2.05. The first-order valence-corrected chi connectivity index (χ1v) is 5.90. The van der Waals surface area contributed by atoms with E-state index in [4.69, 9.17) is 23.2 Å². The maximum absolute atomic E-state index is 10.8. The van der Waals surface area contributed by atoms with Crippen molar-refractivity contribution >= 4 is 45.4 Å². The van der Waals surface area contributed by atoms with Gasteiger partial charge in [0.15, 0.2) is 0 Å². The van der Waals surface area contributed by atoms with E-state index >= 15 is 0 Å². The molecule has 2 rings (SSSR count). The molecule has 1 atom stereocenters. The minimum atomic E-state index is -0.263. The van der Waals surface area contributed by atoms with Crippen LogP contribution in [-0.2, 0) is 4.79 Å². The molecular weight excluding hydrogens is 315 g/mol. The normalized spacial score (nSPS) is 18.7. The Bertz CT molecular complexity index is 491. The van der Waals surface area contributed by atoms with Crippen molar-refractivity contribution in [2.75, 3.05) is 0 Å². The summed E-state index contributed by atoms with van der Waals surface area (Å²) >= 11 is 14.9. The number of nitrogens with zero attached hydrogens (tertiary/aromatic N) is 2. The zero-order valence-corrected chi connectivity index (χ0v) is 10.9. The zero-order valence-electron chi connectivity index (χ0n) is 7.82. The van der Waals surface area contributed by atoms with Gasteiger partial charge in [0.1, 0.15) is 22.4 Å². The number of aromatic nitrogens is 2. The van der Waals surface area contributed by atoms with Crippen LogP contribution in [0.5, 0.6) is 0 Å². The molecule has 0 radical (unpaired) electrons. The van der Waals surface area contributed by atoms with Crippen LogP contribution in [0.4, 0.5) is 0 Å². The lowest BCUT2D eigenvalue weighted by Gasteiger charge is -2.09. The fraction of sp³-hybridized carbons (Fsp3) is 0.100. The third kappa shape index (κ3) is 2.05. The van der Waals surface area contributed by atoms with Crippen molar-refractivity contribution in [3.05, 3.63) is 44.4 Å². The summed E-state index contributed by atoms with van der Waals surface area (Å²) in [6, 6.07) is 0. The molecule has 0 aromatic carbocycles. The Labute approximate surface area is 110 Å². The quantitative estimate of drug-likeness (QED) is 0.620. The van der Waals surface area contributed by atoms with E-state index < -0.39 is 0 Å². The van der Waals surface area contributed by atoms with Gasteiger partial charge in [0.2, 0.25) is 0 Å². The van der Waals surface area contributed by atoms with Gasteiger partial charge in [-0.3, -0.25) is 4.79 Å². The SMILES string of the molecule is O=CC1=CC=CC1c1nc(Cl)c(Br)c(Cl)n1. The first kappa shape index (κ1) is 11.8. The third-order valence-corrected chi connectivity index (χ3v) is 3.91. The molecule has 1 aliphatic rings. The highest BCUT2D eigenvalue weighted by atomic mass is 79.9. The minimum absolute atomic E-state index is 0.237. The fourth-order valence-electron chi connectivity index (χ4n) is 1.39. The second-order valence-corrected chi connectivity index (χ2v) is 4.63. The van der Waals surface area contributed by atoms with E-state index in [-0.39, 0.29) is 16.2 Å². The van der Waals surface area contributed by atoms with Crippen LogP contribution in [0.2, 0.25) is 10.3 Å². The standard InChI is InChI=1S/C10H5BrCl2N2O/c11-7-8(12)14-10(15-9(7)13)6-3-1-2-5(6)4-16/h1-4,6H. The third-order valence-electron chi connectivity index (χ3n) is 2.15. The van der Waals surface area contributed by atoms with Crippen LogP contribution in [0.25, 0.3) is 0 Å². The van der Waals surface area contributed by atoms with E-state index in [1.54, 1.807) is 12.2 Å². The summed E-state index contributed by atoms with van der Waals surface area (Å²) in [4.78, 5) is 19.0. The predicted octanol–water partition coefficient (Wildman–Crippen LogP) is 3.32. The summed E-state index contributed by atoms with van der Waals surface area (Å²) in [6.45, 7) is 0. The molecule has 0 fully saturated rings. The highest BCUT2D eigenvalue weighted by Gasteiger charge is 2.21. The summed E-state index contributed by atoms with van der Waals surface area (Å²) in [7, 11) is 0. The highest BCUT2D eigenvalue weighted by molar-refractivity contribution is 9.10. The van der Waals surface area contributed by atoms with Crippen LogP contribution in [0, 0.1) is 0 Å². The number of halogens is 3. The number of rotatable bonds is 2. The number of hydrogen-bond donors (Lipinski definition) is 0. The van der Waals surface area contributed by atoms with Gasteiger partial charge < -0.3 is 0 Å². The number of allylic oxidation sites excluding steroid dienone is 4. The fourth-order valence-corrected chi connectivity index (χ4v) is 1.97. The van der Waals surface area contributed by atoms with E-state index in [9.17, 15) is 4.79 Å². The Balaban J connectivity index is 2.46. The van der Waals surface area contributed by atoms with Gasteiger partial charge >= 0.3 is 0 Å². The van der Waals surface area contributed by atoms with Crippen molar-refractivity contribution in [3.63, 3.8) is 0 Å². The Morgan fingerprint density at radius 3 is 2.50 bits per heavy atom. The summed E-state index contributed by atoms with van der Waals surface area (Å²) < 4.78 is 0.457. The van der Waals surface area contributed by atoms with Crippen LogP contribution < -0.4 is 0 Å². The molecular formula is C10H5BrCl2N2O. The topological polar surface area (TPSA) is 42.9 Å². The molecule has 1 aromatic rings. The average Bonchev–Trinajstić information content (AvgIpc) is 2.73. The van der Waals surface area contributed by atoms with Crippen LogP contribution in [0.15, 0.2) is 28.3 Å². The molecule has 0 saturated carbocycles. The second kappa shape index (κ2) is 4.65. The van der Waals surface area contributed by atoms with Crippen LogP contribution in [-0.4, -0.2) is 16.3 Å². The Hall–Kier alpha value is -0.710. The molecule has 82 valence electrons. The van der Waals surface area contributed by atoms with Crippen molar-refractivity contribution in [2.24, 2.45) is 0 Å². The van der Waals surface area contributed by atoms with Gasteiger partial charge in [0.05, 0.1) is 10.4 Å². The van der Waals surface area contributed by atoms with Crippen LogP contribution in [0.3, 0.4) is 0 Å². The molecule has 0 saturated heterocycles. The van der Waals surface area contributed by atoms with Gasteiger partial charge in [0, 0.05) is 5.57 Å². The smallest absolute Gasteiger partial charge is 0.148 e. The molecule has 0 aliphatic heterocycles. The lowest BCUT2D eigenvalue weighted by atomic mass is 10.0. The first-order valence-electron chi connectivity index (χ1n) is 4.35. The minimum Gasteiger partial charge on any atom is -0.298 e. The van der Waals surface area contributed by atoms with Crippen molar-refractivity contribution in [3.8, 4) is 0 Å². The van der Waals surface area contributed by atoms with Crippen molar-refractivity contribution in [1.29, 1.82) is 0 Å². The van der Waals surface area contributed by atoms with Gasteiger partial charge in [-0.2, -0.15) is 0 Å². The molecule has 0 bridgehead atoms. The van der Waals surface area contributed by atoms with E-state index in [2.05, 4.69) is 25.9 Å². The molecule has 6 heteroatoms. The van der Waals surface area contributed by atoms with Crippen LogP contribution >= 0.6 is 39.1 Å². The summed E-state index contributed by atoms with van der Waals surface area (Å²) in [6.07, 6.45) is 6.09. The average molecular weight is 320 g/mol. The molecule has 1 aliphatic carbocycles. The molecule has 0 amide bonds. The molecule has 1 heterocycles. The van der Waals surface area contributed by atoms with Crippen LogP contribution in [0.1, 0.15) is 11.7 Å². The van der Waals surface area contributed by atoms with E-state index in [0.717, 1.165) is 6.29 Å². The maximum Gasteiger partial charge on any atom is 0.148 e. The molecule has 1 aromatic heterocycles. The van der Waals surface area contributed by atoms with Gasteiger partial charge in [-0.1, -0.05) is 41.4 Å². The summed E-state index contributed by atoms with van der Waals surface area (Å²) in [5.41, 5.74) is 0.592. The Morgan fingerprint density at radius 2 is 1.94 bits per heavy atom. The summed E-state index contributed by atoms with van der Waals surface area (Å²) in [5, 5.41) is 0.473. The lowest BCUT2D eigenvalue weighted by molar-refractivity contribution is -0.105. The number of carbonyl (C=O) groups excluding carboxylic acids is 1. The largest absolute Gasteiger partial charge is 0.298 e. The highest BCUT2D eigenvalue weighted by Crippen LogP contribution is 2.32. The predicted molar refractivity (Wildman–Crippen MR) is 65.8 cm³/mol. The van der Waals surface area contributed by atoms with Gasteiger partial charge in [-0.05, 0) is 15.9 Å². The molecule has 3 nitrogen and oxygen atoms in total. The second-order valence-electron chi connectivity index (χ2n) is 3.12. The molecule has 0 N–H and O–H groups in total. The zero-order chi connectivity index (χ0) is 11.7. The van der Waals surface area contributed by atoms with Gasteiger partial charge in [-0.25, -0.2) is 9.97 Å². The maximum atomic E-state index is 10.8.